The fourth-order valence-corrected chi connectivity index (χ4v) is 4.80. The van der Waals surface area contributed by atoms with Gasteiger partial charge in [-0.25, -0.2) is 0 Å². The molecule has 2 aliphatic rings. The van der Waals surface area contributed by atoms with Crippen LogP contribution in [0.4, 0.5) is 5.00 Å². The number of carbonyl (C=O) groups excluding carboxylic acids is 1. The first-order chi connectivity index (χ1) is 9.58. The topological polar surface area (TPSA) is 55.6 Å². The third-order valence-corrected chi connectivity index (χ3v) is 5.40. The third-order valence-electron chi connectivity index (χ3n) is 4.34. The maximum Gasteiger partial charge on any atom is 0.257 e. The van der Waals surface area contributed by atoms with Gasteiger partial charge in [-0.3, -0.25) is 4.79 Å². The number of amides is 1. The zero-order chi connectivity index (χ0) is 14.3. The van der Waals surface area contributed by atoms with E-state index in [2.05, 4.69) is 13.8 Å². The molecule has 3 rings (SSSR count). The van der Waals surface area contributed by atoms with Gasteiger partial charge in [0.05, 0.1) is 23.8 Å². The lowest BCUT2D eigenvalue weighted by Crippen LogP contribution is -2.41. The molecule has 1 saturated heterocycles. The van der Waals surface area contributed by atoms with Crippen LogP contribution in [-0.2, 0) is 11.2 Å². The van der Waals surface area contributed by atoms with Gasteiger partial charge in [0.1, 0.15) is 0 Å². The van der Waals surface area contributed by atoms with E-state index in [0.29, 0.717) is 43.1 Å². The van der Waals surface area contributed by atoms with Gasteiger partial charge in [-0.15, -0.1) is 11.3 Å². The molecule has 110 valence electrons. The van der Waals surface area contributed by atoms with E-state index in [0.717, 1.165) is 18.4 Å². The number of rotatable bonds is 1. The van der Waals surface area contributed by atoms with Gasteiger partial charge in [0.15, 0.2) is 0 Å². The first kappa shape index (κ1) is 13.9. The molecule has 1 aliphatic carbocycles. The molecule has 20 heavy (non-hydrogen) atoms. The molecule has 1 aromatic rings. The average molecular weight is 294 g/mol. The number of nitrogens with zero attached hydrogens (tertiary/aromatic N) is 1. The molecule has 1 amide bonds. The zero-order valence-electron chi connectivity index (χ0n) is 12.1. The molecule has 0 aromatic carbocycles. The number of thiophene rings is 1. The Morgan fingerprint density at radius 3 is 2.75 bits per heavy atom. The van der Waals surface area contributed by atoms with Gasteiger partial charge in [-0.2, -0.15) is 0 Å². The van der Waals surface area contributed by atoms with Crippen molar-refractivity contribution in [2.24, 2.45) is 5.92 Å². The maximum absolute atomic E-state index is 12.8. The van der Waals surface area contributed by atoms with E-state index in [-0.39, 0.29) is 5.91 Å². The summed E-state index contributed by atoms with van der Waals surface area (Å²) in [5.41, 5.74) is 8.18. The molecule has 2 N–H and O–H groups in total. The Balaban J connectivity index is 1.95. The van der Waals surface area contributed by atoms with Crippen LogP contribution >= 0.6 is 11.3 Å². The van der Waals surface area contributed by atoms with Gasteiger partial charge >= 0.3 is 0 Å². The lowest BCUT2D eigenvalue weighted by molar-refractivity contribution is 0.0302. The van der Waals surface area contributed by atoms with Gasteiger partial charge in [-0.05, 0) is 30.2 Å². The predicted octanol–water partition coefficient (Wildman–Crippen LogP) is 2.49. The molecule has 2 heterocycles. The average Bonchev–Trinajstić information content (AvgIpc) is 2.75. The summed E-state index contributed by atoms with van der Waals surface area (Å²) >= 11 is 1.62. The van der Waals surface area contributed by atoms with Crippen LogP contribution < -0.4 is 5.73 Å². The van der Waals surface area contributed by atoms with E-state index >= 15 is 0 Å². The van der Waals surface area contributed by atoms with Crippen molar-refractivity contribution in [2.45, 2.75) is 32.6 Å². The normalized spacial score (nSPS) is 26.4. The van der Waals surface area contributed by atoms with E-state index < -0.39 is 0 Å². The SMILES string of the molecule is CC1Cc2sc(N)c(C(=O)N3CCOCC3)c2C(C)C1. The van der Waals surface area contributed by atoms with Crippen molar-refractivity contribution in [3.63, 3.8) is 0 Å². The highest BCUT2D eigenvalue weighted by Gasteiger charge is 2.32. The second-order valence-corrected chi connectivity index (χ2v) is 7.17. The summed E-state index contributed by atoms with van der Waals surface area (Å²) in [5, 5.41) is 0.701. The Bertz CT molecular complexity index is 520. The third kappa shape index (κ3) is 2.33. The number of hydrogen-bond acceptors (Lipinski definition) is 4. The number of morpholine rings is 1. The van der Waals surface area contributed by atoms with Gasteiger partial charge in [0.2, 0.25) is 0 Å². The van der Waals surface area contributed by atoms with E-state index in [9.17, 15) is 4.79 Å². The quantitative estimate of drug-likeness (QED) is 0.866. The van der Waals surface area contributed by atoms with Crippen molar-refractivity contribution in [1.29, 1.82) is 0 Å². The van der Waals surface area contributed by atoms with Crippen LogP contribution in [-0.4, -0.2) is 37.1 Å². The standard InChI is InChI=1S/C15H22N2O2S/c1-9-7-10(2)12-11(8-9)20-14(16)13(12)15(18)17-3-5-19-6-4-17/h9-10H,3-8,16H2,1-2H3. The highest BCUT2D eigenvalue weighted by Crippen LogP contribution is 2.44. The number of anilines is 1. The molecule has 0 radical (unpaired) electrons. The summed E-state index contributed by atoms with van der Waals surface area (Å²) in [4.78, 5) is 16.0. The molecule has 1 aliphatic heterocycles. The molecule has 2 atom stereocenters. The molecule has 1 fully saturated rings. The van der Waals surface area contributed by atoms with Crippen molar-refractivity contribution < 1.29 is 9.53 Å². The molecule has 0 saturated carbocycles. The molecule has 2 unspecified atom stereocenters. The number of carbonyl (C=O) groups is 1. The van der Waals surface area contributed by atoms with E-state index in [1.165, 1.54) is 10.4 Å². The second-order valence-electron chi connectivity index (χ2n) is 6.03. The number of hydrogen-bond donors (Lipinski definition) is 1. The largest absolute Gasteiger partial charge is 0.390 e. The summed E-state index contributed by atoms with van der Waals surface area (Å²) in [7, 11) is 0. The molecular formula is C15H22N2O2S. The van der Waals surface area contributed by atoms with Crippen molar-refractivity contribution in [3.8, 4) is 0 Å². The Hall–Kier alpha value is -1.07. The van der Waals surface area contributed by atoms with Crippen LogP contribution in [0.15, 0.2) is 0 Å². The fraction of sp³-hybridized carbons (Fsp3) is 0.667. The Labute approximate surface area is 123 Å². The summed E-state index contributed by atoms with van der Waals surface area (Å²) in [6.45, 7) is 7.10. The maximum atomic E-state index is 12.8. The summed E-state index contributed by atoms with van der Waals surface area (Å²) < 4.78 is 5.32. The monoisotopic (exact) mass is 294 g/mol. The number of nitrogen functional groups attached to an aromatic ring is 1. The van der Waals surface area contributed by atoms with Crippen LogP contribution in [0.2, 0.25) is 0 Å². The molecule has 1 aromatic heterocycles. The highest BCUT2D eigenvalue weighted by molar-refractivity contribution is 7.16. The predicted molar refractivity (Wildman–Crippen MR) is 81.4 cm³/mol. The first-order valence-corrected chi connectivity index (χ1v) is 8.17. The number of nitrogens with two attached hydrogens (primary N) is 1. The minimum absolute atomic E-state index is 0.102. The lowest BCUT2D eigenvalue weighted by atomic mass is 9.80. The van der Waals surface area contributed by atoms with E-state index in [1.54, 1.807) is 11.3 Å². The van der Waals surface area contributed by atoms with Crippen molar-refractivity contribution >= 4 is 22.2 Å². The smallest absolute Gasteiger partial charge is 0.257 e. The molecule has 4 nitrogen and oxygen atoms in total. The fourth-order valence-electron chi connectivity index (χ4n) is 3.45. The van der Waals surface area contributed by atoms with Gasteiger partial charge in [-0.1, -0.05) is 13.8 Å². The van der Waals surface area contributed by atoms with Crippen molar-refractivity contribution in [2.75, 3.05) is 32.0 Å². The van der Waals surface area contributed by atoms with Crippen LogP contribution in [0.1, 0.15) is 47.0 Å². The number of ether oxygens (including phenoxy) is 1. The summed E-state index contributed by atoms with van der Waals surface area (Å²) in [6, 6.07) is 0. The van der Waals surface area contributed by atoms with Crippen molar-refractivity contribution in [3.05, 3.63) is 16.0 Å². The minimum Gasteiger partial charge on any atom is -0.390 e. The van der Waals surface area contributed by atoms with Crippen LogP contribution in [0.3, 0.4) is 0 Å². The van der Waals surface area contributed by atoms with Crippen LogP contribution in [0.25, 0.3) is 0 Å². The van der Waals surface area contributed by atoms with Gasteiger partial charge in [0, 0.05) is 18.0 Å². The summed E-state index contributed by atoms with van der Waals surface area (Å²) in [5.74, 6) is 1.22. The Kier molecular flexibility index (Phi) is 3.73. The van der Waals surface area contributed by atoms with E-state index in [1.807, 2.05) is 4.90 Å². The molecule has 5 heteroatoms. The van der Waals surface area contributed by atoms with Crippen LogP contribution in [0.5, 0.6) is 0 Å². The Morgan fingerprint density at radius 1 is 1.35 bits per heavy atom. The first-order valence-electron chi connectivity index (χ1n) is 7.36. The second kappa shape index (κ2) is 5.37. The Morgan fingerprint density at radius 2 is 2.05 bits per heavy atom. The van der Waals surface area contributed by atoms with Crippen molar-refractivity contribution in [1.82, 2.24) is 4.90 Å². The number of fused-ring (bicyclic) bond motifs is 1. The highest BCUT2D eigenvalue weighted by atomic mass is 32.1. The van der Waals surface area contributed by atoms with Gasteiger partial charge < -0.3 is 15.4 Å². The molecule has 0 bridgehead atoms. The zero-order valence-corrected chi connectivity index (χ0v) is 13.0. The van der Waals surface area contributed by atoms with E-state index in [4.69, 9.17) is 10.5 Å². The van der Waals surface area contributed by atoms with Crippen LogP contribution in [0, 0.1) is 5.92 Å². The van der Waals surface area contributed by atoms with Gasteiger partial charge in [0.25, 0.3) is 5.91 Å². The minimum atomic E-state index is 0.102. The summed E-state index contributed by atoms with van der Waals surface area (Å²) in [6.07, 6.45) is 2.21. The lowest BCUT2D eigenvalue weighted by Gasteiger charge is -2.29. The molecule has 0 spiro atoms. The molecular weight excluding hydrogens is 272 g/mol.